The molecule has 0 saturated carbocycles. The quantitative estimate of drug-likeness (QED) is 0.859. The molecule has 2 N–H and O–H groups in total. The normalized spacial score (nSPS) is 12.4. The molecular formula is C15H21N3O2. The Bertz CT molecular complexity index is 497. The second kappa shape index (κ2) is 6.40. The largest absolute Gasteiger partial charge is 0.443 e. The highest BCUT2D eigenvalue weighted by Gasteiger charge is 2.26. The molecule has 1 rings (SSSR count). The van der Waals surface area contributed by atoms with Gasteiger partial charge in [-0.1, -0.05) is 5.92 Å². The molecule has 0 aromatic carbocycles. The summed E-state index contributed by atoms with van der Waals surface area (Å²) in [4.78, 5) is 17.8. The second-order valence-electron chi connectivity index (χ2n) is 5.40. The minimum Gasteiger partial charge on any atom is -0.443 e. The molecule has 1 aromatic rings. The fraction of sp³-hybridized carbons (Fsp3) is 0.467. The maximum absolute atomic E-state index is 12.3. The molecule has 1 unspecified atom stereocenters. The molecule has 0 aliphatic heterocycles. The van der Waals surface area contributed by atoms with Crippen LogP contribution in [0.15, 0.2) is 18.3 Å². The molecule has 0 radical (unpaired) electrons. The number of terminal acetylenes is 1. The predicted octanol–water partition coefficient (Wildman–Crippen LogP) is 2.30. The van der Waals surface area contributed by atoms with Gasteiger partial charge in [0.2, 0.25) is 0 Å². The minimum absolute atomic E-state index is 0.345. The molecule has 108 valence electrons. The Morgan fingerprint density at radius 2 is 2.20 bits per heavy atom. The van der Waals surface area contributed by atoms with E-state index in [2.05, 4.69) is 10.9 Å². The van der Waals surface area contributed by atoms with E-state index in [0.717, 1.165) is 5.69 Å². The van der Waals surface area contributed by atoms with Gasteiger partial charge in [-0.3, -0.25) is 9.88 Å². The highest BCUT2D eigenvalue weighted by molar-refractivity contribution is 5.89. The topological polar surface area (TPSA) is 68.5 Å². The van der Waals surface area contributed by atoms with Crippen LogP contribution in [0.2, 0.25) is 0 Å². The van der Waals surface area contributed by atoms with Crippen molar-refractivity contribution in [1.29, 1.82) is 0 Å². The van der Waals surface area contributed by atoms with Gasteiger partial charge in [-0.05, 0) is 39.8 Å². The molecule has 0 aliphatic carbocycles. The van der Waals surface area contributed by atoms with Gasteiger partial charge in [-0.2, -0.15) is 0 Å². The van der Waals surface area contributed by atoms with Gasteiger partial charge >= 0.3 is 6.09 Å². The molecule has 1 heterocycles. The highest BCUT2D eigenvalue weighted by atomic mass is 16.6. The van der Waals surface area contributed by atoms with E-state index in [1.165, 1.54) is 4.90 Å². The molecule has 0 saturated heterocycles. The van der Waals surface area contributed by atoms with Crippen LogP contribution < -0.4 is 10.6 Å². The van der Waals surface area contributed by atoms with E-state index < -0.39 is 17.7 Å². The molecule has 1 atom stereocenters. The van der Waals surface area contributed by atoms with E-state index in [-0.39, 0.29) is 0 Å². The number of pyridine rings is 1. The summed E-state index contributed by atoms with van der Waals surface area (Å²) >= 11 is 0. The smallest absolute Gasteiger partial charge is 0.415 e. The zero-order valence-electron chi connectivity index (χ0n) is 12.4. The molecule has 1 amide bonds. The van der Waals surface area contributed by atoms with E-state index in [4.69, 9.17) is 16.9 Å². The summed E-state index contributed by atoms with van der Waals surface area (Å²) < 4.78 is 5.37. The number of carbonyl (C=O) groups is 1. The van der Waals surface area contributed by atoms with Gasteiger partial charge in [-0.25, -0.2) is 4.79 Å². The molecule has 5 nitrogen and oxygen atoms in total. The lowest BCUT2D eigenvalue weighted by Crippen LogP contribution is -2.41. The van der Waals surface area contributed by atoms with E-state index in [9.17, 15) is 4.79 Å². The summed E-state index contributed by atoms with van der Waals surface area (Å²) in [7, 11) is 0. The van der Waals surface area contributed by atoms with Crippen LogP contribution in [-0.2, 0) is 11.3 Å². The number of amides is 1. The lowest BCUT2D eigenvalue weighted by molar-refractivity contribution is 0.0575. The van der Waals surface area contributed by atoms with Crippen molar-refractivity contribution in [1.82, 2.24) is 4.98 Å². The van der Waals surface area contributed by atoms with Gasteiger partial charge < -0.3 is 10.5 Å². The molecule has 1 aromatic heterocycles. The number of hydrogen-bond donors (Lipinski definition) is 1. The Kier molecular flexibility index (Phi) is 5.12. The van der Waals surface area contributed by atoms with Crippen molar-refractivity contribution in [2.75, 3.05) is 4.90 Å². The third-order valence-electron chi connectivity index (χ3n) is 2.52. The number of rotatable bonds is 3. The lowest BCUT2D eigenvalue weighted by atomic mass is 10.2. The molecule has 0 bridgehead atoms. The number of carbonyl (C=O) groups excluding carboxylic acids is 1. The zero-order chi connectivity index (χ0) is 15.3. The number of hydrogen-bond acceptors (Lipinski definition) is 4. The summed E-state index contributed by atoms with van der Waals surface area (Å²) in [6, 6.07) is 3.08. The van der Waals surface area contributed by atoms with Crippen molar-refractivity contribution >= 4 is 11.8 Å². The van der Waals surface area contributed by atoms with Crippen LogP contribution in [0.1, 0.15) is 33.4 Å². The van der Waals surface area contributed by atoms with Crippen LogP contribution in [0.4, 0.5) is 10.5 Å². The monoisotopic (exact) mass is 275 g/mol. The average molecular weight is 275 g/mol. The van der Waals surface area contributed by atoms with Crippen LogP contribution in [0, 0.1) is 12.3 Å². The van der Waals surface area contributed by atoms with Crippen molar-refractivity contribution < 1.29 is 9.53 Å². The summed E-state index contributed by atoms with van der Waals surface area (Å²) in [5.74, 6) is 2.53. The lowest BCUT2D eigenvalue weighted by Gasteiger charge is -2.29. The molecular weight excluding hydrogens is 254 g/mol. The van der Waals surface area contributed by atoms with Crippen molar-refractivity contribution in [3.8, 4) is 12.3 Å². The molecule has 20 heavy (non-hydrogen) atoms. The minimum atomic E-state index is -0.589. The maximum Gasteiger partial charge on any atom is 0.415 e. The maximum atomic E-state index is 12.3. The van der Waals surface area contributed by atoms with Crippen LogP contribution in [0.3, 0.4) is 0 Å². The Labute approximate surface area is 120 Å². The van der Waals surface area contributed by atoms with Crippen molar-refractivity contribution in [2.45, 2.75) is 45.9 Å². The summed E-state index contributed by atoms with van der Waals surface area (Å²) in [5.41, 5.74) is 6.24. The second-order valence-corrected chi connectivity index (χ2v) is 5.40. The van der Waals surface area contributed by atoms with Gasteiger partial charge in [-0.15, -0.1) is 6.42 Å². The average Bonchev–Trinajstić information content (AvgIpc) is 2.37. The van der Waals surface area contributed by atoms with Gasteiger partial charge in [0.15, 0.2) is 0 Å². The van der Waals surface area contributed by atoms with Crippen molar-refractivity contribution in [3.05, 3.63) is 24.0 Å². The fourth-order valence-corrected chi connectivity index (χ4v) is 1.55. The first-order valence-corrected chi connectivity index (χ1v) is 6.42. The number of anilines is 1. The fourth-order valence-electron chi connectivity index (χ4n) is 1.55. The van der Waals surface area contributed by atoms with Crippen molar-refractivity contribution in [3.63, 3.8) is 0 Å². The summed E-state index contributed by atoms with van der Waals surface area (Å²) in [6.07, 6.45) is 6.50. The Morgan fingerprint density at radius 1 is 1.55 bits per heavy atom. The van der Waals surface area contributed by atoms with Crippen molar-refractivity contribution in [2.24, 2.45) is 5.73 Å². The van der Waals surface area contributed by atoms with Gasteiger partial charge in [0.05, 0.1) is 23.6 Å². The molecule has 0 fully saturated rings. The number of nitrogens with zero attached hydrogens (tertiary/aromatic N) is 2. The van der Waals surface area contributed by atoms with Crippen LogP contribution in [-0.4, -0.2) is 22.7 Å². The highest BCUT2D eigenvalue weighted by Crippen LogP contribution is 2.20. The third-order valence-corrected chi connectivity index (χ3v) is 2.52. The van der Waals surface area contributed by atoms with Crippen LogP contribution in [0.5, 0.6) is 0 Å². The van der Waals surface area contributed by atoms with Crippen LogP contribution in [0.25, 0.3) is 0 Å². The summed E-state index contributed by atoms with van der Waals surface area (Å²) in [5, 5.41) is 0. The van der Waals surface area contributed by atoms with Gasteiger partial charge in [0, 0.05) is 6.54 Å². The first-order chi connectivity index (χ1) is 9.28. The predicted molar refractivity (Wildman–Crippen MR) is 79.1 cm³/mol. The number of ether oxygens (including phenoxy) is 1. The zero-order valence-corrected chi connectivity index (χ0v) is 12.4. The van der Waals surface area contributed by atoms with E-state index in [1.54, 1.807) is 46.0 Å². The Hall–Kier alpha value is -2.06. The molecule has 5 heteroatoms. The van der Waals surface area contributed by atoms with Gasteiger partial charge in [0.1, 0.15) is 5.60 Å². The third kappa shape index (κ3) is 4.25. The Balaban J connectivity index is 3.06. The van der Waals surface area contributed by atoms with E-state index >= 15 is 0 Å². The molecule has 0 spiro atoms. The number of aromatic nitrogens is 1. The van der Waals surface area contributed by atoms with E-state index in [1.807, 2.05) is 0 Å². The number of nitrogens with two attached hydrogens (primary N) is 1. The molecule has 0 aliphatic rings. The standard InChI is InChI=1S/C15H21N3O2/c1-6-11(2)18(14(19)20-15(3,4)5)13-8-7-12(9-16)17-10-13/h1,7-8,10-11H,9,16H2,2-5H3. The Morgan fingerprint density at radius 3 is 2.60 bits per heavy atom. The summed E-state index contributed by atoms with van der Waals surface area (Å²) in [6.45, 7) is 7.51. The van der Waals surface area contributed by atoms with Gasteiger partial charge in [0.25, 0.3) is 0 Å². The van der Waals surface area contributed by atoms with E-state index in [0.29, 0.717) is 12.2 Å². The first-order valence-electron chi connectivity index (χ1n) is 6.42. The first kappa shape index (κ1) is 16.0. The van der Waals surface area contributed by atoms with Crippen LogP contribution >= 0.6 is 0 Å². The SMILES string of the molecule is C#CC(C)N(C(=O)OC(C)(C)C)c1ccc(CN)nc1.